The Labute approximate surface area is 146 Å². The maximum absolute atomic E-state index is 12.7. The van der Waals surface area contributed by atoms with Gasteiger partial charge in [-0.15, -0.1) is 0 Å². The molecule has 0 spiro atoms. The monoisotopic (exact) mass is 330 g/mol. The average molecular weight is 330 g/mol. The molecular formula is C21H32NO2+. The van der Waals surface area contributed by atoms with Gasteiger partial charge in [0, 0.05) is 5.56 Å². The number of hydrogen-bond donors (Lipinski definition) is 1. The van der Waals surface area contributed by atoms with Crippen LogP contribution in [-0.2, 0) is 9.53 Å². The number of carbonyl (C=O) groups excluding carboxylic acids is 1. The fourth-order valence-corrected chi connectivity index (χ4v) is 4.33. The summed E-state index contributed by atoms with van der Waals surface area (Å²) in [5.74, 6) is 1.81. The van der Waals surface area contributed by atoms with Gasteiger partial charge in [-0.05, 0) is 37.5 Å². The summed E-state index contributed by atoms with van der Waals surface area (Å²) < 4.78 is 6.02. The van der Waals surface area contributed by atoms with E-state index in [2.05, 4.69) is 52.0 Å². The Hall–Kier alpha value is -1.35. The normalized spacial score (nSPS) is 34.0. The highest BCUT2D eigenvalue weighted by atomic mass is 16.5. The molecule has 1 aliphatic heterocycles. The number of carbonyl (C=O) groups is 1. The first-order chi connectivity index (χ1) is 11.5. The number of benzene rings is 1. The number of rotatable bonds is 5. The van der Waals surface area contributed by atoms with E-state index in [0.717, 1.165) is 13.0 Å². The minimum absolute atomic E-state index is 0.0255. The van der Waals surface area contributed by atoms with Crippen LogP contribution in [0.3, 0.4) is 0 Å². The van der Waals surface area contributed by atoms with Crippen molar-refractivity contribution in [3.05, 3.63) is 35.9 Å². The molecule has 1 heterocycles. The molecule has 1 aromatic carbocycles. The summed E-state index contributed by atoms with van der Waals surface area (Å²) in [5, 5.41) is 0. The van der Waals surface area contributed by atoms with Gasteiger partial charge >= 0.3 is 5.97 Å². The fourth-order valence-electron chi connectivity index (χ4n) is 4.33. The van der Waals surface area contributed by atoms with Gasteiger partial charge in [-0.3, -0.25) is 0 Å². The summed E-state index contributed by atoms with van der Waals surface area (Å²) in [6, 6.07) is 10.9. The minimum Gasteiger partial charge on any atom is -0.457 e. The molecule has 0 amide bonds. The van der Waals surface area contributed by atoms with Crippen LogP contribution in [0.25, 0.3) is 0 Å². The lowest BCUT2D eigenvalue weighted by Crippen LogP contribution is -2.95. The molecule has 1 saturated heterocycles. The van der Waals surface area contributed by atoms with E-state index in [-0.39, 0.29) is 18.1 Å². The van der Waals surface area contributed by atoms with Gasteiger partial charge in [0.15, 0.2) is 0 Å². The van der Waals surface area contributed by atoms with Gasteiger partial charge in [0.05, 0.1) is 0 Å². The summed E-state index contributed by atoms with van der Waals surface area (Å²) in [4.78, 5) is 14.0. The molecule has 1 unspecified atom stereocenters. The van der Waals surface area contributed by atoms with Gasteiger partial charge in [0.1, 0.15) is 18.7 Å². The maximum atomic E-state index is 12.7. The molecule has 3 heteroatoms. The minimum atomic E-state index is 0.0255. The van der Waals surface area contributed by atoms with Crippen LogP contribution < -0.4 is 4.90 Å². The standard InChI is InChI=1S/C21H31NO2/c1-14(2)18-11-10-15(3)12-20(18)24-21(23)19-13-22(19)16(4)17-8-6-5-7-9-17/h5-9,14-16,18-20H,10-13H2,1-4H3/p+1/t15-,16-,18+,19-,20-,22?/m1/s1. The average Bonchev–Trinajstić information content (AvgIpc) is 3.35. The molecular weight excluding hydrogens is 298 g/mol. The van der Waals surface area contributed by atoms with Crippen LogP contribution in [0.5, 0.6) is 0 Å². The summed E-state index contributed by atoms with van der Waals surface area (Å²) >= 11 is 0. The highest BCUT2D eigenvalue weighted by molar-refractivity contribution is 5.76. The third kappa shape index (κ3) is 3.83. The van der Waals surface area contributed by atoms with Crippen molar-refractivity contribution in [2.75, 3.05) is 6.54 Å². The molecule has 6 atom stereocenters. The van der Waals surface area contributed by atoms with Gasteiger partial charge in [-0.1, -0.05) is 57.5 Å². The van der Waals surface area contributed by atoms with Gasteiger partial charge < -0.3 is 9.64 Å². The molecule has 0 bridgehead atoms. The van der Waals surface area contributed by atoms with Gasteiger partial charge in [-0.2, -0.15) is 0 Å². The number of ether oxygens (including phenoxy) is 1. The molecule has 24 heavy (non-hydrogen) atoms. The van der Waals surface area contributed by atoms with Crippen molar-refractivity contribution in [2.24, 2.45) is 17.8 Å². The van der Waals surface area contributed by atoms with E-state index in [9.17, 15) is 4.79 Å². The molecule has 1 aromatic rings. The van der Waals surface area contributed by atoms with Crippen LogP contribution in [0.15, 0.2) is 30.3 Å². The summed E-state index contributed by atoms with van der Waals surface area (Å²) in [7, 11) is 0. The zero-order valence-corrected chi connectivity index (χ0v) is 15.5. The van der Waals surface area contributed by atoms with E-state index in [1.165, 1.54) is 23.3 Å². The Balaban J connectivity index is 1.57. The quantitative estimate of drug-likeness (QED) is 0.664. The van der Waals surface area contributed by atoms with Gasteiger partial charge in [-0.25, -0.2) is 4.79 Å². The molecule has 0 aromatic heterocycles. The zero-order valence-electron chi connectivity index (χ0n) is 15.5. The van der Waals surface area contributed by atoms with E-state index in [4.69, 9.17) is 4.74 Å². The Morgan fingerprint density at radius 1 is 1.17 bits per heavy atom. The van der Waals surface area contributed by atoms with Gasteiger partial charge in [0.2, 0.25) is 6.04 Å². The highest BCUT2D eigenvalue weighted by Gasteiger charge is 2.52. The van der Waals surface area contributed by atoms with Crippen molar-refractivity contribution in [1.82, 2.24) is 0 Å². The predicted octanol–water partition coefficient (Wildman–Crippen LogP) is 3.02. The van der Waals surface area contributed by atoms with Crippen molar-refractivity contribution in [1.29, 1.82) is 0 Å². The van der Waals surface area contributed by atoms with Crippen molar-refractivity contribution < 1.29 is 14.4 Å². The Morgan fingerprint density at radius 3 is 2.54 bits per heavy atom. The lowest BCUT2D eigenvalue weighted by atomic mass is 9.75. The smallest absolute Gasteiger partial charge is 0.371 e. The van der Waals surface area contributed by atoms with Crippen LogP contribution in [0, 0.1) is 17.8 Å². The highest BCUT2D eigenvalue weighted by Crippen LogP contribution is 2.35. The molecule has 2 aliphatic rings. The van der Waals surface area contributed by atoms with Crippen molar-refractivity contribution in [3.63, 3.8) is 0 Å². The molecule has 2 fully saturated rings. The lowest BCUT2D eigenvalue weighted by Gasteiger charge is -2.36. The van der Waals surface area contributed by atoms with E-state index in [0.29, 0.717) is 23.8 Å². The molecule has 3 rings (SSSR count). The first kappa shape index (κ1) is 17.5. The topological polar surface area (TPSA) is 30.7 Å². The number of hydrogen-bond acceptors (Lipinski definition) is 2. The third-order valence-electron chi connectivity index (χ3n) is 6.10. The summed E-state index contributed by atoms with van der Waals surface area (Å²) in [5.41, 5.74) is 1.30. The second kappa shape index (κ2) is 7.26. The molecule has 132 valence electrons. The molecule has 3 nitrogen and oxygen atoms in total. The third-order valence-corrected chi connectivity index (χ3v) is 6.10. The molecule has 0 radical (unpaired) electrons. The zero-order chi connectivity index (χ0) is 17.3. The van der Waals surface area contributed by atoms with Crippen molar-refractivity contribution >= 4 is 5.97 Å². The second-order valence-electron chi connectivity index (χ2n) is 8.27. The SMILES string of the molecule is CC(C)[C@@H]1CC[C@@H](C)C[C@H]1OC(=O)[C@H]1C[NH+]1[C@H](C)c1ccccc1. The first-order valence-corrected chi connectivity index (χ1v) is 9.58. The van der Waals surface area contributed by atoms with Crippen molar-refractivity contribution in [2.45, 2.75) is 65.1 Å². The van der Waals surface area contributed by atoms with Crippen LogP contribution in [0.2, 0.25) is 0 Å². The first-order valence-electron chi connectivity index (χ1n) is 9.58. The summed E-state index contributed by atoms with van der Waals surface area (Å²) in [6.07, 6.45) is 3.61. The fraction of sp³-hybridized carbons (Fsp3) is 0.667. The van der Waals surface area contributed by atoms with E-state index < -0.39 is 0 Å². The Bertz CT molecular complexity index is 556. The van der Waals surface area contributed by atoms with Gasteiger partial charge in [0.25, 0.3) is 0 Å². The van der Waals surface area contributed by atoms with E-state index >= 15 is 0 Å². The maximum Gasteiger partial charge on any atom is 0.371 e. The lowest BCUT2D eigenvalue weighted by molar-refractivity contribution is -0.804. The van der Waals surface area contributed by atoms with E-state index in [1.807, 2.05) is 6.07 Å². The van der Waals surface area contributed by atoms with Crippen molar-refractivity contribution in [3.8, 4) is 0 Å². The largest absolute Gasteiger partial charge is 0.457 e. The van der Waals surface area contributed by atoms with Crippen LogP contribution >= 0.6 is 0 Å². The summed E-state index contributed by atoms with van der Waals surface area (Å²) in [6.45, 7) is 9.91. The number of quaternary nitrogens is 1. The van der Waals surface area contributed by atoms with E-state index in [1.54, 1.807) is 0 Å². The molecule has 1 saturated carbocycles. The Morgan fingerprint density at radius 2 is 1.88 bits per heavy atom. The van der Waals surface area contributed by atoms with Crippen LogP contribution in [-0.4, -0.2) is 24.7 Å². The second-order valence-corrected chi connectivity index (χ2v) is 8.27. The predicted molar refractivity (Wildman–Crippen MR) is 95.7 cm³/mol. The van der Waals surface area contributed by atoms with Crippen LogP contribution in [0.4, 0.5) is 0 Å². The van der Waals surface area contributed by atoms with Crippen LogP contribution in [0.1, 0.15) is 58.6 Å². The molecule has 1 aliphatic carbocycles. The molecule has 1 N–H and O–H groups in total. The Kier molecular flexibility index (Phi) is 5.29. The number of nitrogens with one attached hydrogen (secondary N) is 1. The number of esters is 1.